The molecule has 0 unspecified atom stereocenters. The van der Waals surface area contributed by atoms with Crippen LogP contribution >= 0.6 is 34.8 Å². The summed E-state index contributed by atoms with van der Waals surface area (Å²) >= 11 is 18.7. The van der Waals surface area contributed by atoms with Crippen LogP contribution in [0.3, 0.4) is 0 Å². The summed E-state index contributed by atoms with van der Waals surface area (Å²) in [6, 6.07) is 18.3. The molecular formula is C30H32Cl3N3O4S. The van der Waals surface area contributed by atoms with Gasteiger partial charge in [-0.3, -0.25) is 13.9 Å². The molecule has 1 atom stereocenters. The number of sulfonamides is 1. The Morgan fingerprint density at radius 3 is 2.20 bits per heavy atom. The molecule has 11 heteroatoms. The summed E-state index contributed by atoms with van der Waals surface area (Å²) < 4.78 is 28.7. The van der Waals surface area contributed by atoms with Crippen molar-refractivity contribution in [3.05, 3.63) is 93.4 Å². The van der Waals surface area contributed by atoms with Crippen LogP contribution in [0.5, 0.6) is 0 Å². The van der Waals surface area contributed by atoms with Crippen molar-refractivity contribution in [2.45, 2.75) is 62.6 Å². The van der Waals surface area contributed by atoms with Crippen LogP contribution in [0, 0.1) is 0 Å². The first-order valence-corrected chi connectivity index (χ1v) is 16.0. The lowest BCUT2D eigenvalue weighted by Gasteiger charge is -2.33. The van der Waals surface area contributed by atoms with Gasteiger partial charge in [0.15, 0.2) is 0 Å². The quantitative estimate of drug-likeness (QED) is 0.268. The van der Waals surface area contributed by atoms with Crippen molar-refractivity contribution in [1.82, 2.24) is 10.2 Å². The van der Waals surface area contributed by atoms with Crippen molar-refractivity contribution < 1.29 is 18.0 Å². The first-order valence-electron chi connectivity index (χ1n) is 13.4. The molecule has 3 aromatic rings. The lowest BCUT2D eigenvalue weighted by Crippen LogP contribution is -2.53. The fraction of sp³-hybridized carbons (Fsp3) is 0.333. The highest BCUT2D eigenvalue weighted by Gasteiger charge is 2.34. The lowest BCUT2D eigenvalue weighted by atomic mass is 9.95. The van der Waals surface area contributed by atoms with Gasteiger partial charge in [0.05, 0.1) is 15.6 Å². The number of amides is 2. The Balaban J connectivity index is 1.69. The van der Waals surface area contributed by atoms with Crippen LogP contribution in [0.1, 0.15) is 44.6 Å². The maximum Gasteiger partial charge on any atom is 0.264 e. The van der Waals surface area contributed by atoms with Gasteiger partial charge in [0, 0.05) is 22.6 Å². The number of carbonyl (C=O) groups excluding carboxylic acids is 2. The fourth-order valence-electron chi connectivity index (χ4n) is 4.85. The van der Waals surface area contributed by atoms with E-state index < -0.39 is 28.5 Å². The van der Waals surface area contributed by atoms with Crippen LogP contribution in [0.4, 0.5) is 5.69 Å². The Morgan fingerprint density at radius 2 is 1.54 bits per heavy atom. The van der Waals surface area contributed by atoms with Gasteiger partial charge in [0.25, 0.3) is 10.0 Å². The molecule has 1 fully saturated rings. The molecule has 0 bridgehead atoms. The third-order valence-corrected chi connectivity index (χ3v) is 9.75. The average Bonchev–Trinajstić information content (AvgIpc) is 2.97. The summed E-state index contributed by atoms with van der Waals surface area (Å²) in [7, 11) is -4.24. The molecule has 7 nitrogen and oxygen atoms in total. The molecule has 1 aliphatic carbocycles. The summed E-state index contributed by atoms with van der Waals surface area (Å²) in [5.74, 6) is -0.876. The molecule has 3 aromatic carbocycles. The molecule has 1 N–H and O–H groups in total. The zero-order chi connectivity index (χ0) is 29.6. The number of benzene rings is 3. The first kappa shape index (κ1) is 31.2. The number of rotatable bonds is 10. The van der Waals surface area contributed by atoms with E-state index in [1.807, 2.05) is 0 Å². The number of nitrogens with zero attached hydrogens (tertiary/aromatic N) is 2. The number of halogens is 3. The smallest absolute Gasteiger partial charge is 0.264 e. The molecule has 0 aromatic heterocycles. The Morgan fingerprint density at radius 1 is 0.902 bits per heavy atom. The average molecular weight is 637 g/mol. The molecule has 2 amide bonds. The van der Waals surface area contributed by atoms with E-state index >= 15 is 0 Å². The van der Waals surface area contributed by atoms with Crippen molar-refractivity contribution in [2.75, 3.05) is 10.8 Å². The van der Waals surface area contributed by atoms with E-state index in [2.05, 4.69) is 5.32 Å². The Labute approximate surface area is 256 Å². The van der Waals surface area contributed by atoms with Crippen LogP contribution in [0.15, 0.2) is 77.7 Å². The van der Waals surface area contributed by atoms with Crippen LogP contribution in [-0.2, 0) is 26.2 Å². The van der Waals surface area contributed by atoms with Gasteiger partial charge in [-0.05, 0) is 67.8 Å². The maximum atomic E-state index is 14.0. The highest BCUT2D eigenvalue weighted by Crippen LogP contribution is 2.33. The van der Waals surface area contributed by atoms with Gasteiger partial charge in [0.1, 0.15) is 12.6 Å². The number of hydrogen-bond acceptors (Lipinski definition) is 4. The zero-order valence-electron chi connectivity index (χ0n) is 22.6. The van der Waals surface area contributed by atoms with E-state index in [0.717, 1.165) is 42.0 Å². The van der Waals surface area contributed by atoms with E-state index in [9.17, 15) is 18.0 Å². The first-order chi connectivity index (χ1) is 19.6. The second kappa shape index (κ2) is 13.9. The van der Waals surface area contributed by atoms with E-state index in [0.29, 0.717) is 5.02 Å². The van der Waals surface area contributed by atoms with Crippen LogP contribution in [0.25, 0.3) is 0 Å². The largest absolute Gasteiger partial charge is 0.352 e. The Hall–Kier alpha value is -2.78. The normalized spacial score (nSPS) is 14.7. The minimum Gasteiger partial charge on any atom is -0.352 e. The van der Waals surface area contributed by atoms with E-state index in [1.54, 1.807) is 49.4 Å². The van der Waals surface area contributed by atoms with Crippen molar-refractivity contribution >= 4 is 62.3 Å². The molecule has 0 saturated heterocycles. The van der Waals surface area contributed by atoms with Gasteiger partial charge in [-0.1, -0.05) is 84.4 Å². The molecule has 0 spiro atoms. The van der Waals surface area contributed by atoms with Gasteiger partial charge in [-0.2, -0.15) is 0 Å². The molecule has 0 radical (unpaired) electrons. The summed E-state index contributed by atoms with van der Waals surface area (Å²) in [6.45, 7) is 1.11. The van der Waals surface area contributed by atoms with Crippen molar-refractivity contribution in [1.29, 1.82) is 0 Å². The monoisotopic (exact) mass is 635 g/mol. The topological polar surface area (TPSA) is 86.8 Å². The van der Waals surface area contributed by atoms with Gasteiger partial charge in [-0.15, -0.1) is 0 Å². The molecule has 4 rings (SSSR count). The number of carbonyl (C=O) groups is 2. The molecule has 1 saturated carbocycles. The predicted molar refractivity (Wildman–Crippen MR) is 164 cm³/mol. The van der Waals surface area contributed by atoms with Crippen molar-refractivity contribution in [3.63, 3.8) is 0 Å². The summed E-state index contributed by atoms with van der Waals surface area (Å²) in [4.78, 5) is 28.8. The van der Waals surface area contributed by atoms with Crippen molar-refractivity contribution in [3.8, 4) is 0 Å². The minimum atomic E-state index is -4.24. The predicted octanol–water partition coefficient (Wildman–Crippen LogP) is 6.71. The Bertz CT molecular complexity index is 1460. The summed E-state index contributed by atoms with van der Waals surface area (Å²) in [5, 5.41) is 3.97. The van der Waals surface area contributed by atoms with Crippen LogP contribution < -0.4 is 9.62 Å². The molecule has 1 aliphatic rings. The highest BCUT2D eigenvalue weighted by molar-refractivity contribution is 7.92. The van der Waals surface area contributed by atoms with E-state index in [4.69, 9.17) is 34.8 Å². The third-order valence-electron chi connectivity index (χ3n) is 7.17. The highest BCUT2D eigenvalue weighted by atomic mass is 35.5. The number of anilines is 1. The summed E-state index contributed by atoms with van der Waals surface area (Å²) in [5.41, 5.74) is 0.792. The molecule has 218 valence electrons. The molecule has 41 heavy (non-hydrogen) atoms. The van der Waals surface area contributed by atoms with Gasteiger partial charge in [-0.25, -0.2) is 8.42 Å². The Kier molecular flexibility index (Phi) is 10.6. The lowest BCUT2D eigenvalue weighted by molar-refractivity contribution is -0.139. The fourth-order valence-corrected chi connectivity index (χ4v) is 6.86. The number of hydrogen-bond donors (Lipinski definition) is 1. The van der Waals surface area contributed by atoms with E-state index in [1.165, 1.54) is 35.2 Å². The van der Waals surface area contributed by atoms with E-state index in [-0.39, 0.29) is 39.1 Å². The minimum absolute atomic E-state index is 0.0174. The van der Waals surface area contributed by atoms with Crippen LogP contribution in [-0.4, -0.2) is 43.8 Å². The van der Waals surface area contributed by atoms with Crippen LogP contribution in [0.2, 0.25) is 15.1 Å². The SMILES string of the molecule is C[C@H](C(=O)NC1CCCCC1)N(Cc1ccc(Cl)cc1)C(=O)CN(c1cc(Cl)ccc1Cl)S(=O)(=O)c1ccccc1. The maximum absolute atomic E-state index is 14.0. The second-order valence-electron chi connectivity index (χ2n) is 10.1. The molecule has 0 aliphatic heterocycles. The molecule has 0 heterocycles. The second-order valence-corrected chi connectivity index (χ2v) is 13.2. The standard InChI is InChI=1S/C30H32Cl3N3O4S/c1-21(30(38)34-25-8-4-2-5-9-25)35(19-22-12-14-23(31)15-13-22)29(37)20-36(28-18-24(32)16-17-27(28)33)41(39,40)26-10-6-3-7-11-26/h3,6-7,10-18,21,25H,2,4-5,8-9,19-20H2,1H3,(H,34,38)/t21-/m1/s1. The third kappa shape index (κ3) is 7.95. The number of nitrogens with one attached hydrogen (secondary N) is 1. The van der Waals surface area contributed by atoms with Gasteiger partial charge >= 0.3 is 0 Å². The molecular weight excluding hydrogens is 605 g/mol. The zero-order valence-corrected chi connectivity index (χ0v) is 25.7. The van der Waals surface area contributed by atoms with Crippen molar-refractivity contribution in [2.24, 2.45) is 0 Å². The van der Waals surface area contributed by atoms with Gasteiger partial charge < -0.3 is 10.2 Å². The van der Waals surface area contributed by atoms with Gasteiger partial charge in [0.2, 0.25) is 11.8 Å². The summed E-state index contributed by atoms with van der Waals surface area (Å²) in [6.07, 6.45) is 5.00.